The molecule has 9 heteroatoms. The maximum Gasteiger partial charge on any atom is 0.418 e. The van der Waals surface area contributed by atoms with E-state index >= 15 is 0 Å². The van der Waals surface area contributed by atoms with E-state index in [1.165, 1.54) is 13.0 Å². The van der Waals surface area contributed by atoms with Crippen LogP contribution in [-0.2, 0) is 11.0 Å². The topological polar surface area (TPSA) is 70.2 Å². The molecule has 0 saturated carbocycles. The molecule has 0 heterocycles. The van der Waals surface area contributed by atoms with Gasteiger partial charge in [-0.2, -0.15) is 13.2 Å². The first-order chi connectivity index (χ1) is 10.1. The average Bonchev–Trinajstić information content (AvgIpc) is 2.39. The van der Waals surface area contributed by atoms with Crippen molar-refractivity contribution in [3.63, 3.8) is 0 Å². The van der Waals surface area contributed by atoms with Gasteiger partial charge in [-0.1, -0.05) is 11.6 Å². The molecule has 1 aromatic carbocycles. The molecule has 0 aliphatic heterocycles. The summed E-state index contributed by atoms with van der Waals surface area (Å²) in [4.78, 5) is 23.1. The normalized spacial score (nSPS) is 12.5. The lowest BCUT2D eigenvalue weighted by molar-refractivity contribution is -0.137. The monoisotopic (exact) mass is 337 g/mol. The Morgan fingerprint density at radius 2 is 1.95 bits per heavy atom. The molecular formula is C13H15ClF3N3O2. The van der Waals surface area contributed by atoms with Crippen LogP contribution < -0.4 is 16.0 Å². The summed E-state index contributed by atoms with van der Waals surface area (Å²) in [5, 5.41) is 6.68. The second kappa shape index (κ2) is 7.35. The molecule has 122 valence electrons. The van der Waals surface area contributed by atoms with Crippen molar-refractivity contribution in [2.75, 3.05) is 11.9 Å². The zero-order chi connectivity index (χ0) is 16.9. The Kier molecular flexibility index (Phi) is 6.04. The van der Waals surface area contributed by atoms with E-state index in [2.05, 4.69) is 16.0 Å². The number of hydrogen-bond acceptors (Lipinski definition) is 2. The van der Waals surface area contributed by atoms with Gasteiger partial charge in [-0.3, -0.25) is 4.79 Å². The van der Waals surface area contributed by atoms with Crippen molar-refractivity contribution in [1.82, 2.24) is 10.6 Å². The van der Waals surface area contributed by atoms with Crippen LogP contribution in [0.2, 0.25) is 5.02 Å². The molecular weight excluding hydrogens is 323 g/mol. The van der Waals surface area contributed by atoms with Crippen molar-refractivity contribution in [2.45, 2.75) is 26.1 Å². The molecule has 1 atom stereocenters. The van der Waals surface area contributed by atoms with E-state index in [0.717, 1.165) is 6.07 Å². The number of hydrogen-bond donors (Lipinski definition) is 3. The highest BCUT2D eigenvalue weighted by Gasteiger charge is 2.34. The molecule has 0 saturated heterocycles. The zero-order valence-corrected chi connectivity index (χ0v) is 12.6. The van der Waals surface area contributed by atoms with Gasteiger partial charge in [0, 0.05) is 11.6 Å². The second-order valence-corrected chi connectivity index (χ2v) is 4.84. The predicted octanol–water partition coefficient (Wildman–Crippen LogP) is 3.00. The number of benzene rings is 1. The molecule has 5 nitrogen and oxygen atoms in total. The Balaban J connectivity index is 2.83. The fourth-order valence-electron chi connectivity index (χ4n) is 1.61. The van der Waals surface area contributed by atoms with E-state index in [1.807, 2.05) is 0 Å². The predicted molar refractivity (Wildman–Crippen MR) is 76.8 cm³/mol. The molecule has 3 amide bonds. The van der Waals surface area contributed by atoms with Crippen LogP contribution in [0.1, 0.15) is 19.4 Å². The maximum atomic E-state index is 12.9. The number of nitrogens with one attached hydrogen (secondary N) is 3. The Bertz CT molecular complexity index is 564. The molecule has 0 fully saturated rings. The van der Waals surface area contributed by atoms with Crippen LogP contribution >= 0.6 is 11.6 Å². The summed E-state index contributed by atoms with van der Waals surface area (Å²) < 4.78 is 38.6. The highest BCUT2D eigenvalue weighted by Crippen LogP contribution is 2.36. The molecule has 0 aromatic heterocycles. The molecule has 0 bridgehead atoms. The van der Waals surface area contributed by atoms with Crippen molar-refractivity contribution >= 4 is 29.2 Å². The first-order valence-electron chi connectivity index (χ1n) is 6.37. The molecule has 0 spiro atoms. The number of likely N-dealkylation sites (N-methyl/N-ethyl adjacent to an activating group) is 1. The SMILES string of the molecule is CCNC(=O)[C@@H](C)NC(=O)Nc1ccc(Cl)cc1C(F)(F)F. The third-order valence-corrected chi connectivity index (χ3v) is 2.86. The van der Waals surface area contributed by atoms with Gasteiger partial charge in [0.15, 0.2) is 0 Å². The van der Waals surface area contributed by atoms with Crippen LogP contribution in [0.15, 0.2) is 18.2 Å². The number of urea groups is 1. The fraction of sp³-hybridized carbons (Fsp3) is 0.385. The summed E-state index contributed by atoms with van der Waals surface area (Å²) in [6.07, 6.45) is -4.67. The zero-order valence-electron chi connectivity index (χ0n) is 11.8. The van der Waals surface area contributed by atoms with Gasteiger partial charge in [0.2, 0.25) is 5.91 Å². The number of rotatable bonds is 4. The number of carbonyl (C=O) groups excluding carboxylic acids is 2. The minimum Gasteiger partial charge on any atom is -0.355 e. The lowest BCUT2D eigenvalue weighted by atomic mass is 10.1. The Morgan fingerprint density at radius 3 is 2.50 bits per heavy atom. The third-order valence-electron chi connectivity index (χ3n) is 2.63. The number of anilines is 1. The van der Waals surface area contributed by atoms with Gasteiger partial charge < -0.3 is 16.0 Å². The minimum atomic E-state index is -4.67. The van der Waals surface area contributed by atoms with Crippen molar-refractivity contribution in [3.8, 4) is 0 Å². The lowest BCUT2D eigenvalue weighted by Gasteiger charge is -2.17. The van der Waals surface area contributed by atoms with E-state index in [0.29, 0.717) is 12.6 Å². The number of amides is 3. The molecule has 0 aliphatic rings. The summed E-state index contributed by atoms with van der Waals surface area (Å²) >= 11 is 5.54. The summed E-state index contributed by atoms with van der Waals surface area (Å²) in [6.45, 7) is 3.49. The Labute approximate surface area is 130 Å². The average molecular weight is 338 g/mol. The summed E-state index contributed by atoms with van der Waals surface area (Å²) in [6, 6.07) is 1.17. The van der Waals surface area contributed by atoms with E-state index in [9.17, 15) is 22.8 Å². The van der Waals surface area contributed by atoms with E-state index < -0.39 is 35.4 Å². The first kappa shape index (κ1) is 18.1. The van der Waals surface area contributed by atoms with Crippen LogP contribution in [-0.4, -0.2) is 24.5 Å². The highest BCUT2D eigenvalue weighted by atomic mass is 35.5. The van der Waals surface area contributed by atoms with Gasteiger partial charge in [-0.15, -0.1) is 0 Å². The van der Waals surface area contributed by atoms with Crippen LogP contribution in [0.3, 0.4) is 0 Å². The van der Waals surface area contributed by atoms with Gasteiger partial charge in [0.05, 0.1) is 11.3 Å². The van der Waals surface area contributed by atoms with Gasteiger partial charge in [-0.05, 0) is 32.0 Å². The van der Waals surface area contributed by atoms with E-state index in [1.54, 1.807) is 6.92 Å². The summed E-state index contributed by atoms with van der Waals surface area (Å²) in [7, 11) is 0. The third kappa shape index (κ3) is 5.10. The minimum absolute atomic E-state index is 0.103. The van der Waals surface area contributed by atoms with E-state index in [4.69, 9.17) is 11.6 Å². The summed E-state index contributed by atoms with van der Waals surface area (Å²) in [5.41, 5.74) is -1.52. The molecule has 0 radical (unpaired) electrons. The van der Waals surface area contributed by atoms with Gasteiger partial charge in [0.25, 0.3) is 0 Å². The standard InChI is InChI=1S/C13H15ClF3N3O2/c1-3-18-11(21)7(2)19-12(22)20-10-5-4-8(14)6-9(10)13(15,16)17/h4-7H,3H2,1-2H3,(H,18,21)(H2,19,20,22)/t7-/m1/s1. The molecule has 1 aromatic rings. The van der Waals surface area contributed by atoms with Crippen molar-refractivity contribution in [3.05, 3.63) is 28.8 Å². The van der Waals surface area contributed by atoms with Crippen molar-refractivity contribution < 1.29 is 22.8 Å². The number of carbonyl (C=O) groups is 2. The van der Waals surface area contributed by atoms with Crippen LogP contribution in [0.4, 0.5) is 23.7 Å². The number of alkyl halides is 3. The van der Waals surface area contributed by atoms with E-state index in [-0.39, 0.29) is 5.02 Å². The fourth-order valence-corrected chi connectivity index (χ4v) is 1.78. The molecule has 22 heavy (non-hydrogen) atoms. The largest absolute Gasteiger partial charge is 0.418 e. The number of halogens is 4. The maximum absolute atomic E-state index is 12.9. The smallest absolute Gasteiger partial charge is 0.355 e. The van der Waals surface area contributed by atoms with Gasteiger partial charge in [0.1, 0.15) is 6.04 Å². The molecule has 0 unspecified atom stereocenters. The van der Waals surface area contributed by atoms with Crippen LogP contribution in [0.25, 0.3) is 0 Å². The quantitative estimate of drug-likeness (QED) is 0.790. The lowest BCUT2D eigenvalue weighted by Crippen LogP contribution is -2.46. The van der Waals surface area contributed by atoms with Crippen molar-refractivity contribution in [2.24, 2.45) is 0 Å². The highest BCUT2D eigenvalue weighted by molar-refractivity contribution is 6.30. The second-order valence-electron chi connectivity index (χ2n) is 4.40. The van der Waals surface area contributed by atoms with Gasteiger partial charge >= 0.3 is 12.2 Å². The van der Waals surface area contributed by atoms with Crippen LogP contribution in [0, 0.1) is 0 Å². The Morgan fingerprint density at radius 1 is 1.32 bits per heavy atom. The first-order valence-corrected chi connectivity index (χ1v) is 6.75. The molecule has 3 N–H and O–H groups in total. The van der Waals surface area contributed by atoms with Crippen LogP contribution in [0.5, 0.6) is 0 Å². The summed E-state index contributed by atoms with van der Waals surface area (Å²) in [5.74, 6) is -0.440. The van der Waals surface area contributed by atoms with Gasteiger partial charge in [-0.25, -0.2) is 4.79 Å². The Hall–Kier alpha value is -1.96. The molecule has 1 rings (SSSR count). The molecule has 0 aliphatic carbocycles. The van der Waals surface area contributed by atoms with Crippen molar-refractivity contribution in [1.29, 1.82) is 0 Å².